The van der Waals surface area contributed by atoms with Crippen LogP contribution in [0.5, 0.6) is 5.75 Å². The average molecular weight is 479 g/mol. The molecule has 3 amide bonds. The molecule has 0 bridgehead atoms. The number of hydrogen-bond acceptors (Lipinski definition) is 5. The molecule has 0 aliphatic heterocycles. The summed E-state index contributed by atoms with van der Waals surface area (Å²) in [6.45, 7) is 3.61. The van der Waals surface area contributed by atoms with Crippen molar-refractivity contribution >= 4 is 46.9 Å². The van der Waals surface area contributed by atoms with Crippen molar-refractivity contribution in [1.29, 1.82) is 0 Å². The van der Waals surface area contributed by atoms with E-state index in [0.29, 0.717) is 27.7 Å². The highest BCUT2D eigenvalue weighted by atomic mass is 35.5. The maximum atomic E-state index is 12.0. The van der Waals surface area contributed by atoms with Gasteiger partial charge in [0.05, 0.1) is 6.21 Å². The number of halogens is 1. The van der Waals surface area contributed by atoms with Crippen LogP contribution in [0.1, 0.15) is 16.7 Å². The van der Waals surface area contributed by atoms with Gasteiger partial charge in [0, 0.05) is 16.4 Å². The van der Waals surface area contributed by atoms with Crippen molar-refractivity contribution < 1.29 is 19.1 Å². The maximum Gasteiger partial charge on any atom is 0.329 e. The molecule has 0 spiro atoms. The molecule has 0 atom stereocenters. The van der Waals surface area contributed by atoms with Crippen molar-refractivity contribution in [1.82, 2.24) is 5.43 Å². The van der Waals surface area contributed by atoms with Crippen molar-refractivity contribution in [2.24, 2.45) is 5.10 Å². The van der Waals surface area contributed by atoms with Crippen LogP contribution in [-0.4, -0.2) is 30.5 Å². The predicted octanol–water partition coefficient (Wildman–Crippen LogP) is 4.06. The zero-order valence-corrected chi connectivity index (χ0v) is 19.3. The van der Waals surface area contributed by atoms with Gasteiger partial charge in [-0.3, -0.25) is 14.4 Å². The monoisotopic (exact) mass is 478 g/mol. The number of hydrogen-bond donors (Lipinski definition) is 3. The van der Waals surface area contributed by atoms with Crippen molar-refractivity contribution in [2.45, 2.75) is 13.8 Å². The number of rotatable bonds is 7. The molecule has 0 aliphatic rings. The Bertz CT molecular complexity index is 1210. The number of nitrogens with one attached hydrogen (secondary N) is 3. The van der Waals surface area contributed by atoms with Crippen LogP contribution in [0.15, 0.2) is 71.8 Å². The summed E-state index contributed by atoms with van der Waals surface area (Å²) in [5.74, 6) is -1.56. The lowest BCUT2D eigenvalue weighted by Crippen LogP contribution is -2.32. The molecule has 3 aromatic carbocycles. The number of carbonyl (C=O) groups excluding carboxylic acids is 3. The van der Waals surface area contributed by atoms with Crippen LogP contribution in [0.25, 0.3) is 0 Å². The Morgan fingerprint density at radius 2 is 1.62 bits per heavy atom. The van der Waals surface area contributed by atoms with Crippen LogP contribution in [0.2, 0.25) is 5.02 Å². The van der Waals surface area contributed by atoms with Gasteiger partial charge in [-0.05, 0) is 73.5 Å². The van der Waals surface area contributed by atoms with Gasteiger partial charge in [0.25, 0.3) is 5.91 Å². The molecule has 0 heterocycles. The first-order valence-electron chi connectivity index (χ1n) is 10.3. The van der Waals surface area contributed by atoms with Gasteiger partial charge >= 0.3 is 11.8 Å². The SMILES string of the molecule is Cc1ccc(NC(=O)COc2ccc(/C=N\NC(=O)C(=O)Nc3cc(Cl)ccc3C)cc2)cc1. The molecule has 174 valence electrons. The van der Waals surface area contributed by atoms with Gasteiger partial charge in [-0.1, -0.05) is 35.4 Å². The number of amides is 3. The van der Waals surface area contributed by atoms with E-state index < -0.39 is 11.8 Å². The number of aryl methyl sites for hydroxylation is 2. The first kappa shape index (κ1) is 24.5. The average Bonchev–Trinajstić information content (AvgIpc) is 2.82. The molecular formula is C25H23ClN4O4. The number of nitrogens with zero attached hydrogens (tertiary/aromatic N) is 1. The summed E-state index contributed by atoms with van der Waals surface area (Å²) in [4.78, 5) is 36.0. The maximum absolute atomic E-state index is 12.0. The van der Waals surface area contributed by atoms with Crippen LogP contribution in [0.4, 0.5) is 11.4 Å². The third-order valence-electron chi connectivity index (χ3n) is 4.62. The van der Waals surface area contributed by atoms with Crippen molar-refractivity contribution in [3.05, 3.63) is 88.4 Å². The van der Waals surface area contributed by atoms with Gasteiger partial charge in [-0.25, -0.2) is 5.43 Å². The molecule has 0 fully saturated rings. The van der Waals surface area contributed by atoms with Crippen LogP contribution in [-0.2, 0) is 14.4 Å². The Morgan fingerprint density at radius 1 is 0.912 bits per heavy atom. The van der Waals surface area contributed by atoms with Crippen LogP contribution in [0.3, 0.4) is 0 Å². The van der Waals surface area contributed by atoms with Gasteiger partial charge < -0.3 is 15.4 Å². The van der Waals surface area contributed by atoms with E-state index in [1.807, 2.05) is 31.2 Å². The molecule has 3 N–H and O–H groups in total. The second-order valence-corrected chi connectivity index (χ2v) is 7.82. The second kappa shape index (κ2) is 11.6. The molecule has 0 radical (unpaired) electrons. The molecule has 34 heavy (non-hydrogen) atoms. The topological polar surface area (TPSA) is 109 Å². The van der Waals surface area contributed by atoms with Crippen molar-refractivity contribution in [3.63, 3.8) is 0 Å². The molecule has 0 aliphatic carbocycles. The Morgan fingerprint density at radius 3 is 2.32 bits per heavy atom. The smallest absolute Gasteiger partial charge is 0.329 e. The molecule has 0 aromatic heterocycles. The summed E-state index contributed by atoms with van der Waals surface area (Å²) < 4.78 is 5.48. The molecule has 0 saturated carbocycles. The minimum Gasteiger partial charge on any atom is -0.484 e. The van der Waals surface area contributed by atoms with Gasteiger partial charge in [0.15, 0.2) is 6.61 Å². The quantitative estimate of drug-likeness (QED) is 0.270. The Balaban J connectivity index is 1.44. The number of benzene rings is 3. The molecule has 0 saturated heterocycles. The summed E-state index contributed by atoms with van der Waals surface area (Å²) in [7, 11) is 0. The lowest BCUT2D eigenvalue weighted by molar-refractivity contribution is -0.136. The first-order chi connectivity index (χ1) is 16.3. The second-order valence-electron chi connectivity index (χ2n) is 7.38. The summed E-state index contributed by atoms with van der Waals surface area (Å²) in [6, 6.07) is 19.2. The number of carbonyl (C=O) groups is 3. The van der Waals surface area contributed by atoms with Gasteiger partial charge in [-0.2, -0.15) is 5.10 Å². The Kier molecular flexibility index (Phi) is 8.37. The van der Waals surface area contributed by atoms with E-state index in [0.717, 1.165) is 11.1 Å². The first-order valence-corrected chi connectivity index (χ1v) is 10.7. The van der Waals surface area contributed by atoms with Crippen molar-refractivity contribution in [3.8, 4) is 5.75 Å². The number of ether oxygens (including phenoxy) is 1. The van der Waals surface area contributed by atoms with Gasteiger partial charge in [-0.15, -0.1) is 0 Å². The third-order valence-corrected chi connectivity index (χ3v) is 4.85. The number of hydrazone groups is 1. The standard InChI is InChI=1S/C25H23ClN4O4/c1-16-3-9-20(10-4-16)28-23(31)15-34-21-11-6-18(7-12-21)14-27-30-25(33)24(32)29-22-13-19(26)8-5-17(22)2/h3-14H,15H2,1-2H3,(H,28,31)(H,29,32)(H,30,33)/b27-14-. The fourth-order valence-electron chi connectivity index (χ4n) is 2.76. The molecule has 9 heteroatoms. The van der Waals surface area contributed by atoms with E-state index in [4.69, 9.17) is 16.3 Å². The molecule has 0 unspecified atom stereocenters. The van der Waals surface area contributed by atoms with E-state index in [1.54, 1.807) is 49.4 Å². The van der Waals surface area contributed by atoms with Crippen molar-refractivity contribution in [2.75, 3.05) is 17.2 Å². The fourth-order valence-corrected chi connectivity index (χ4v) is 2.93. The van der Waals surface area contributed by atoms with Crippen LogP contribution < -0.4 is 20.8 Å². The normalized spacial score (nSPS) is 10.6. The summed E-state index contributed by atoms with van der Waals surface area (Å²) in [5.41, 5.74) is 5.84. The molecule has 3 aromatic rings. The zero-order valence-electron chi connectivity index (χ0n) is 18.6. The van der Waals surface area contributed by atoms with E-state index in [-0.39, 0.29) is 12.5 Å². The lowest BCUT2D eigenvalue weighted by atomic mass is 10.2. The summed E-state index contributed by atoms with van der Waals surface area (Å²) >= 11 is 5.91. The molecule has 3 rings (SSSR count). The van der Waals surface area contributed by atoms with Gasteiger partial charge in [0.1, 0.15) is 5.75 Å². The highest BCUT2D eigenvalue weighted by Crippen LogP contribution is 2.20. The number of anilines is 2. The van der Waals surface area contributed by atoms with E-state index in [9.17, 15) is 14.4 Å². The Labute approximate surface area is 202 Å². The van der Waals surface area contributed by atoms with Gasteiger partial charge in [0.2, 0.25) is 0 Å². The van der Waals surface area contributed by atoms with E-state index in [2.05, 4.69) is 21.2 Å². The minimum absolute atomic E-state index is 0.140. The summed E-state index contributed by atoms with van der Waals surface area (Å²) in [5, 5.41) is 9.47. The van der Waals surface area contributed by atoms with E-state index in [1.165, 1.54) is 6.21 Å². The lowest BCUT2D eigenvalue weighted by Gasteiger charge is -2.08. The largest absolute Gasteiger partial charge is 0.484 e. The fraction of sp³-hybridized carbons (Fsp3) is 0.120. The molecular weight excluding hydrogens is 456 g/mol. The summed E-state index contributed by atoms with van der Waals surface area (Å²) in [6.07, 6.45) is 1.38. The Hall–Kier alpha value is -4.17. The van der Waals surface area contributed by atoms with Crippen LogP contribution >= 0.6 is 11.6 Å². The van der Waals surface area contributed by atoms with E-state index >= 15 is 0 Å². The molecule has 8 nitrogen and oxygen atoms in total. The highest BCUT2D eigenvalue weighted by molar-refractivity contribution is 6.40. The zero-order chi connectivity index (χ0) is 24.5. The highest BCUT2D eigenvalue weighted by Gasteiger charge is 2.14. The third kappa shape index (κ3) is 7.46. The predicted molar refractivity (Wildman–Crippen MR) is 132 cm³/mol. The minimum atomic E-state index is -0.921. The van der Waals surface area contributed by atoms with Crippen LogP contribution in [0, 0.1) is 13.8 Å².